The number of hydrogen-bond acceptors (Lipinski definition) is 3. The molecule has 1 unspecified atom stereocenters. The lowest BCUT2D eigenvalue weighted by Gasteiger charge is -2.20. The Balaban J connectivity index is 2.38. The van der Waals surface area contributed by atoms with Gasteiger partial charge in [-0.15, -0.1) is 0 Å². The van der Waals surface area contributed by atoms with Gasteiger partial charge in [0.2, 0.25) is 0 Å². The van der Waals surface area contributed by atoms with Crippen molar-refractivity contribution >= 4 is 46.0 Å². The minimum atomic E-state index is -0.954. The van der Waals surface area contributed by atoms with Gasteiger partial charge in [0.05, 0.1) is 23.6 Å². The van der Waals surface area contributed by atoms with Crippen LogP contribution in [0, 0.1) is 12.8 Å². The molecular formula is C23H23Cl2NO4. The van der Waals surface area contributed by atoms with Crippen LogP contribution in [-0.4, -0.2) is 28.7 Å². The van der Waals surface area contributed by atoms with E-state index in [0.29, 0.717) is 49.9 Å². The number of benzene rings is 2. The van der Waals surface area contributed by atoms with E-state index in [0.717, 1.165) is 0 Å². The van der Waals surface area contributed by atoms with Gasteiger partial charge in [0, 0.05) is 21.7 Å². The summed E-state index contributed by atoms with van der Waals surface area (Å²) in [5.74, 6) is -1.79. The first-order chi connectivity index (χ1) is 14.2. The largest absolute Gasteiger partial charge is 0.495 e. The lowest BCUT2D eigenvalue weighted by molar-refractivity contribution is -0.140. The van der Waals surface area contributed by atoms with Gasteiger partial charge in [-0.05, 0) is 54.8 Å². The number of carbonyl (C=O) groups excluding carboxylic acids is 1. The summed E-state index contributed by atoms with van der Waals surface area (Å²) in [6.07, 6.45) is 0.662. The van der Waals surface area contributed by atoms with Crippen molar-refractivity contribution in [3.63, 3.8) is 0 Å². The number of nitrogens with zero attached hydrogens (tertiary/aromatic N) is 1. The summed E-state index contributed by atoms with van der Waals surface area (Å²) < 4.78 is 6.88. The summed E-state index contributed by atoms with van der Waals surface area (Å²) in [5, 5.41) is 11.4. The van der Waals surface area contributed by atoms with Crippen LogP contribution >= 0.6 is 23.2 Å². The number of fused-ring (bicyclic) bond motifs is 1. The molecule has 3 aromatic rings. The monoisotopic (exact) mass is 447 g/mol. The van der Waals surface area contributed by atoms with Gasteiger partial charge in [-0.1, -0.05) is 43.5 Å². The Hall–Kier alpha value is -2.50. The molecule has 30 heavy (non-hydrogen) atoms. The molecule has 0 aliphatic rings. The number of aromatic nitrogens is 1. The van der Waals surface area contributed by atoms with E-state index >= 15 is 0 Å². The third-order valence-electron chi connectivity index (χ3n) is 5.62. The van der Waals surface area contributed by atoms with E-state index in [4.69, 9.17) is 27.9 Å². The van der Waals surface area contributed by atoms with Crippen LogP contribution in [-0.2, 0) is 4.79 Å². The van der Waals surface area contributed by atoms with Crippen LogP contribution in [0.2, 0.25) is 10.0 Å². The molecule has 1 aromatic heterocycles. The molecular weight excluding hydrogens is 425 g/mol. The number of halogens is 2. The minimum absolute atomic E-state index is 0.159. The second-order valence-corrected chi connectivity index (χ2v) is 8.14. The average molecular weight is 448 g/mol. The van der Waals surface area contributed by atoms with Crippen LogP contribution in [0.1, 0.15) is 47.8 Å². The number of ether oxygens (including phenoxy) is 1. The fraction of sp³-hybridized carbons (Fsp3) is 0.304. The quantitative estimate of drug-likeness (QED) is 0.490. The van der Waals surface area contributed by atoms with Gasteiger partial charge in [-0.25, -0.2) is 0 Å². The number of rotatable bonds is 6. The first-order valence-electron chi connectivity index (χ1n) is 9.63. The first kappa shape index (κ1) is 22.2. The van der Waals surface area contributed by atoms with E-state index in [1.54, 1.807) is 43.3 Å². The van der Waals surface area contributed by atoms with Crippen LogP contribution < -0.4 is 4.74 Å². The Morgan fingerprint density at radius 1 is 1.13 bits per heavy atom. The zero-order valence-corrected chi connectivity index (χ0v) is 18.7. The molecule has 2 aromatic carbocycles. The predicted octanol–water partition coefficient (Wildman–Crippen LogP) is 6.17. The molecule has 0 fully saturated rings. The molecule has 0 saturated carbocycles. The van der Waals surface area contributed by atoms with Crippen molar-refractivity contribution in [3.05, 3.63) is 63.3 Å². The number of hydrogen-bond donors (Lipinski definition) is 1. The molecule has 0 spiro atoms. The van der Waals surface area contributed by atoms with Gasteiger partial charge in [0.25, 0.3) is 5.91 Å². The van der Waals surface area contributed by atoms with E-state index < -0.39 is 11.9 Å². The number of carboxylic acid groups (broad SMARTS) is 1. The van der Waals surface area contributed by atoms with Gasteiger partial charge >= 0.3 is 5.97 Å². The van der Waals surface area contributed by atoms with Crippen molar-refractivity contribution in [3.8, 4) is 5.75 Å². The SMILES string of the molecule is CCC(C)[C@@H](C(=O)O)c1c(C)n(C(=O)c2ccc(Cl)cc2)c2ccc(OC)c(Cl)c12. The number of aliphatic carboxylic acids is 1. The summed E-state index contributed by atoms with van der Waals surface area (Å²) in [5.41, 5.74) is 2.07. The van der Waals surface area contributed by atoms with Crippen LogP contribution in [0.25, 0.3) is 10.9 Å². The highest BCUT2D eigenvalue weighted by molar-refractivity contribution is 6.37. The molecule has 2 atom stereocenters. The van der Waals surface area contributed by atoms with Crippen molar-refractivity contribution in [2.75, 3.05) is 7.11 Å². The molecule has 1 heterocycles. The van der Waals surface area contributed by atoms with Gasteiger partial charge in [0.15, 0.2) is 0 Å². The van der Waals surface area contributed by atoms with E-state index in [2.05, 4.69) is 0 Å². The smallest absolute Gasteiger partial charge is 0.311 e. The maximum atomic E-state index is 13.4. The summed E-state index contributed by atoms with van der Waals surface area (Å²) in [4.78, 5) is 25.7. The van der Waals surface area contributed by atoms with E-state index in [1.807, 2.05) is 13.8 Å². The van der Waals surface area contributed by atoms with Crippen LogP contribution in [0.5, 0.6) is 5.75 Å². The highest BCUT2D eigenvalue weighted by Gasteiger charge is 2.34. The molecule has 5 nitrogen and oxygen atoms in total. The zero-order chi connectivity index (χ0) is 22.2. The summed E-state index contributed by atoms with van der Waals surface area (Å²) >= 11 is 12.6. The maximum Gasteiger partial charge on any atom is 0.311 e. The van der Waals surface area contributed by atoms with Gasteiger partial charge in [-0.2, -0.15) is 0 Å². The second kappa shape index (κ2) is 8.70. The predicted molar refractivity (Wildman–Crippen MR) is 119 cm³/mol. The zero-order valence-electron chi connectivity index (χ0n) is 17.2. The van der Waals surface area contributed by atoms with E-state index in [9.17, 15) is 14.7 Å². The maximum absolute atomic E-state index is 13.4. The van der Waals surface area contributed by atoms with Crippen molar-refractivity contribution in [2.24, 2.45) is 5.92 Å². The Morgan fingerprint density at radius 3 is 2.30 bits per heavy atom. The summed E-state index contributed by atoms with van der Waals surface area (Å²) in [6, 6.07) is 9.99. The molecule has 0 aliphatic carbocycles. The molecule has 1 N–H and O–H groups in total. The van der Waals surface area contributed by atoms with Crippen molar-refractivity contribution in [1.29, 1.82) is 0 Å². The van der Waals surface area contributed by atoms with Gasteiger partial charge in [0.1, 0.15) is 5.75 Å². The van der Waals surface area contributed by atoms with Gasteiger partial charge < -0.3 is 9.84 Å². The highest BCUT2D eigenvalue weighted by atomic mass is 35.5. The number of carboxylic acids is 1. The molecule has 7 heteroatoms. The highest BCUT2D eigenvalue weighted by Crippen LogP contribution is 2.43. The average Bonchev–Trinajstić information content (AvgIpc) is 3.01. The van der Waals surface area contributed by atoms with Crippen LogP contribution in [0.4, 0.5) is 0 Å². The first-order valence-corrected chi connectivity index (χ1v) is 10.4. The van der Waals surface area contributed by atoms with E-state index in [-0.39, 0.29) is 11.8 Å². The minimum Gasteiger partial charge on any atom is -0.495 e. The fourth-order valence-corrected chi connectivity index (χ4v) is 4.34. The Kier molecular flexibility index (Phi) is 6.44. The number of methoxy groups -OCH3 is 1. The molecule has 0 aliphatic heterocycles. The Morgan fingerprint density at radius 2 is 1.77 bits per heavy atom. The lowest BCUT2D eigenvalue weighted by atomic mass is 9.84. The molecule has 0 amide bonds. The summed E-state index contributed by atoms with van der Waals surface area (Å²) in [6.45, 7) is 5.58. The van der Waals surface area contributed by atoms with Crippen LogP contribution in [0.3, 0.4) is 0 Å². The normalized spacial score (nSPS) is 13.3. The molecule has 158 valence electrons. The molecule has 3 rings (SSSR count). The van der Waals surface area contributed by atoms with Crippen molar-refractivity contribution in [1.82, 2.24) is 4.57 Å². The molecule has 0 saturated heterocycles. The fourth-order valence-electron chi connectivity index (χ4n) is 3.88. The third kappa shape index (κ3) is 3.68. The van der Waals surface area contributed by atoms with Gasteiger partial charge in [-0.3, -0.25) is 14.2 Å². The number of carbonyl (C=O) groups is 2. The Labute approximate surface area is 185 Å². The van der Waals surface area contributed by atoms with Crippen LogP contribution in [0.15, 0.2) is 36.4 Å². The summed E-state index contributed by atoms with van der Waals surface area (Å²) in [7, 11) is 1.50. The Bertz CT molecular complexity index is 1120. The standard InChI is InChI=1S/C23H23Cl2NO4/c1-5-12(2)18(23(28)29)19-13(3)26(22(27)14-6-8-15(24)9-7-14)16-10-11-17(30-4)21(25)20(16)19/h6-12,18H,5H2,1-4H3,(H,28,29)/t12?,18-/m1/s1. The topological polar surface area (TPSA) is 68.5 Å². The third-order valence-corrected chi connectivity index (χ3v) is 6.25. The lowest BCUT2D eigenvalue weighted by Crippen LogP contribution is -2.21. The van der Waals surface area contributed by atoms with Crippen molar-refractivity contribution in [2.45, 2.75) is 33.1 Å². The van der Waals surface area contributed by atoms with Crippen molar-refractivity contribution < 1.29 is 19.4 Å². The van der Waals surface area contributed by atoms with E-state index in [1.165, 1.54) is 11.7 Å². The second-order valence-electron chi connectivity index (χ2n) is 7.32. The molecule has 0 radical (unpaired) electrons. The molecule has 0 bridgehead atoms.